The molecule has 0 saturated heterocycles. The van der Waals surface area contributed by atoms with Crippen molar-refractivity contribution in [3.8, 4) is 0 Å². The van der Waals surface area contributed by atoms with E-state index in [1.165, 1.54) is 11.8 Å². The molecule has 0 aliphatic heterocycles. The number of carbonyl (C=O) groups excluding carboxylic acids is 1. The summed E-state index contributed by atoms with van der Waals surface area (Å²) in [6, 6.07) is 0. The minimum Gasteiger partial charge on any atom is -0.396 e. The first-order valence-corrected chi connectivity index (χ1v) is 9.05. The van der Waals surface area contributed by atoms with Crippen LogP contribution in [0.4, 0.5) is 5.69 Å². The van der Waals surface area contributed by atoms with E-state index in [9.17, 15) is 13.2 Å². The van der Waals surface area contributed by atoms with Gasteiger partial charge in [0.2, 0.25) is 0 Å². The van der Waals surface area contributed by atoms with E-state index in [0.29, 0.717) is 10.8 Å². The molecule has 8 heteroatoms. The summed E-state index contributed by atoms with van der Waals surface area (Å²) in [5.74, 6) is -0.357. The fraction of sp³-hybridized carbons (Fsp3) is 0.500. The number of thioether (sulfide) groups is 1. The van der Waals surface area contributed by atoms with Crippen LogP contribution >= 0.6 is 23.1 Å². The van der Waals surface area contributed by atoms with Crippen molar-refractivity contribution in [1.82, 2.24) is 5.32 Å². The second-order valence-electron chi connectivity index (χ2n) is 3.43. The Morgan fingerprint density at radius 3 is 2.50 bits per heavy atom. The maximum absolute atomic E-state index is 12.0. The summed E-state index contributed by atoms with van der Waals surface area (Å²) in [6.07, 6.45) is 1.77. The minimum atomic E-state index is -3.41. The molecular formula is C10H16N2O3S3. The molecule has 0 aliphatic rings. The Bertz CT molecular complexity index is 549. The van der Waals surface area contributed by atoms with Crippen molar-refractivity contribution in [2.45, 2.75) is 23.0 Å². The van der Waals surface area contributed by atoms with Gasteiger partial charge in [-0.1, -0.05) is 6.92 Å². The summed E-state index contributed by atoms with van der Waals surface area (Å²) < 4.78 is 24.5. The number of hydrogen-bond acceptors (Lipinski definition) is 6. The molecule has 0 radical (unpaired) electrons. The monoisotopic (exact) mass is 308 g/mol. The summed E-state index contributed by atoms with van der Waals surface area (Å²) in [6.45, 7) is 3.82. The second kappa shape index (κ2) is 5.94. The van der Waals surface area contributed by atoms with Crippen LogP contribution in [0, 0.1) is 0 Å². The number of nitrogen functional groups attached to an aromatic ring is 1. The lowest BCUT2D eigenvalue weighted by Crippen LogP contribution is -2.22. The van der Waals surface area contributed by atoms with E-state index in [-0.39, 0.29) is 27.1 Å². The molecule has 1 aromatic rings. The molecule has 0 spiro atoms. The van der Waals surface area contributed by atoms with Crippen LogP contribution in [0.3, 0.4) is 0 Å². The fourth-order valence-corrected chi connectivity index (χ4v) is 5.21. The van der Waals surface area contributed by atoms with E-state index >= 15 is 0 Å². The number of rotatable bonds is 5. The molecule has 1 amide bonds. The molecule has 0 saturated carbocycles. The summed E-state index contributed by atoms with van der Waals surface area (Å²) in [7, 11) is -3.41. The molecule has 0 bridgehead atoms. The van der Waals surface area contributed by atoms with Crippen molar-refractivity contribution in [2.75, 3.05) is 24.3 Å². The van der Waals surface area contributed by atoms with Gasteiger partial charge in [0, 0.05) is 6.54 Å². The number of anilines is 1. The molecule has 1 heterocycles. The standard InChI is InChI=1S/C10H16N2O3S3/c1-4-12-9(13)7-6(11)8(10(16-3)17-7)18(14,15)5-2/h4-5,11H2,1-3H3,(H,12,13). The Morgan fingerprint density at radius 2 is 2.06 bits per heavy atom. The summed E-state index contributed by atoms with van der Waals surface area (Å²) in [4.78, 5) is 12.1. The highest BCUT2D eigenvalue weighted by atomic mass is 32.2. The summed E-state index contributed by atoms with van der Waals surface area (Å²) in [5.41, 5.74) is 5.90. The average Bonchev–Trinajstić information content (AvgIpc) is 2.67. The number of sulfone groups is 1. The Kier molecular flexibility index (Phi) is 5.06. The molecule has 3 N–H and O–H groups in total. The van der Waals surface area contributed by atoms with Crippen LogP contribution in [0.1, 0.15) is 23.5 Å². The fourth-order valence-electron chi connectivity index (χ4n) is 1.39. The first kappa shape index (κ1) is 15.3. The third-order valence-electron chi connectivity index (χ3n) is 2.29. The van der Waals surface area contributed by atoms with E-state index in [2.05, 4.69) is 5.32 Å². The molecule has 0 aromatic carbocycles. The Morgan fingerprint density at radius 1 is 1.44 bits per heavy atom. The quantitative estimate of drug-likeness (QED) is 0.806. The number of amides is 1. The number of nitrogens with two attached hydrogens (primary N) is 1. The van der Waals surface area contributed by atoms with Crippen molar-refractivity contribution in [1.29, 1.82) is 0 Å². The van der Waals surface area contributed by atoms with E-state index in [1.807, 2.05) is 0 Å². The van der Waals surface area contributed by atoms with Crippen molar-refractivity contribution < 1.29 is 13.2 Å². The lowest BCUT2D eigenvalue weighted by molar-refractivity contribution is 0.0960. The van der Waals surface area contributed by atoms with Crippen LogP contribution in [0.15, 0.2) is 9.10 Å². The normalized spacial score (nSPS) is 11.5. The molecule has 0 atom stereocenters. The predicted molar refractivity (Wildman–Crippen MR) is 76.2 cm³/mol. The lowest BCUT2D eigenvalue weighted by Gasteiger charge is -2.03. The predicted octanol–water partition coefficient (Wildman–Crippen LogP) is 1.60. The summed E-state index contributed by atoms with van der Waals surface area (Å²) in [5, 5.41) is 2.62. The first-order valence-electron chi connectivity index (χ1n) is 5.36. The van der Waals surface area contributed by atoms with Crippen molar-refractivity contribution in [3.63, 3.8) is 0 Å². The molecule has 0 aliphatic carbocycles. The molecular weight excluding hydrogens is 292 g/mol. The number of thiophene rings is 1. The van der Waals surface area contributed by atoms with Crippen molar-refractivity contribution in [3.05, 3.63) is 4.88 Å². The zero-order valence-electron chi connectivity index (χ0n) is 10.4. The van der Waals surface area contributed by atoms with Crippen LogP contribution in [-0.4, -0.2) is 32.9 Å². The van der Waals surface area contributed by atoms with Crippen LogP contribution < -0.4 is 11.1 Å². The van der Waals surface area contributed by atoms with Crippen LogP contribution in [-0.2, 0) is 9.84 Å². The zero-order valence-corrected chi connectivity index (χ0v) is 12.9. The topological polar surface area (TPSA) is 89.3 Å². The van der Waals surface area contributed by atoms with Gasteiger partial charge in [-0.25, -0.2) is 8.42 Å². The third-order valence-corrected chi connectivity index (χ3v) is 6.68. The molecule has 1 aromatic heterocycles. The van der Waals surface area contributed by atoms with E-state index in [1.54, 1.807) is 20.1 Å². The van der Waals surface area contributed by atoms with Gasteiger partial charge in [0.25, 0.3) is 5.91 Å². The van der Waals surface area contributed by atoms with Gasteiger partial charge < -0.3 is 11.1 Å². The van der Waals surface area contributed by atoms with Crippen LogP contribution in [0.25, 0.3) is 0 Å². The largest absolute Gasteiger partial charge is 0.396 e. The molecule has 102 valence electrons. The maximum Gasteiger partial charge on any atom is 0.263 e. The Labute approximate surface area is 115 Å². The van der Waals surface area contributed by atoms with Crippen molar-refractivity contribution >= 4 is 44.5 Å². The molecule has 0 fully saturated rings. The summed E-state index contributed by atoms with van der Waals surface area (Å²) >= 11 is 2.41. The SMILES string of the molecule is CCNC(=O)c1sc(SC)c(S(=O)(=O)CC)c1N. The van der Waals surface area contributed by atoms with Gasteiger partial charge in [0.05, 0.1) is 15.6 Å². The first-order chi connectivity index (χ1) is 8.38. The van der Waals surface area contributed by atoms with Gasteiger partial charge in [-0.05, 0) is 13.2 Å². The van der Waals surface area contributed by atoms with Crippen LogP contribution in [0.2, 0.25) is 0 Å². The Balaban J connectivity index is 3.41. The van der Waals surface area contributed by atoms with Gasteiger partial charge in [0.1, 0.15) is 9.77 Å². The number of hydrogen-bond donors (Lipinski definition) is 2. The zero-order chi connectivity index (χ0) is 13.9. The molecule has 5 nitrogen and oxygen atoms in total. The highest BCUT2D eigenvalue weighted by molar-refractivity contribution is 8.01. The van der Waals surface area contributed by atoms with E-state index in [4.69, 9.17) is 5.73 Å². The number of carbonyl (C=O) groups is 1. The average molecular weight is 308 g/mol. The van der Waals surface area contributed by atoms with Crippen LogP contribution in [0.5, 0.6) is 0 Å². The van der Waals surface area contributed by atoms with Crippen molar-refractivity contribution in [2.24, 2.45) is 0 Å². The highest BCUT2D eigenvalue weighted by Crippen LogP contribution is 2.40. The minimum absolute atomic E-state index is 0.0314. The lowest BCUT2D eigenvalue weighted by atomic mass is 10.4. The maximum atomic E-state index is 12.0. The third kappa shape index (κ3) is 2.81. The van der Waals surface area contributed by atoms with Gasteiger partial charge in [-0.3, -0.25) is 4.79 Å². The van der Waals surface area contributed by atoms with E-state index in [0.717, 1.165) is 11.3 Å². The van der Waals surface area contributed by atoms with Gasteiger partial charge in [-0.15, -0.1) is 23.1 Å². The molecule has 1 rings (SSSR count). The van der Waals surface area contributed by atoms with Gasteiger partial charge in [0.15, 0.2) is 9.84 Å². The Hall–Kier alpha value is -0.730. The van der Waals surface area contributed by atoms with E-state index < -0.39 is 9.84 Å². The highest BCUT2D eigenvalue weighted by Gasteiger charge is 2.27. The van der Waals surface area contributed by atoms with Gasteiger partial charge >= 0.3 is 0 Å². The smallest absolute Gasteiger partial charge is 0.263 e. The second-order valence-corrected chi connectivity index (χ2v) is 7.74. The number of nitrogens with one attached hydrogen (secondary N) is 1. The van der Waals surface area contributed by atoms with Gasteiger partial charge in [-0.2, -0.15) is 0 Å². The molecule has 18 heavy (non-hydrogen) atoms. The molecule has 0 unspecified atom stereocenters.